The highest BCUT2D eigenvalue weighted by molar-refractivity contribution is 5.76. The lowest BCUT2D eigenvalue weighted by atomic mass is 10.0. The molecule has 3 nitrogen and oxygen atoms in total. The van der Waals surface area contributed by atoms with E-state index in [9.17, 15) is 4.39 Å². The Kier molecular flexibility index (Phi) is 4.20. The molecule has 0 saturated carbocycles. The summed E-state index contributed by atoms with van der Waals surface area (Å²) in [6.45, 7) is 4.20. The summed E-state index contributed by atoms with van der Waals surface area (Å²) in [5, 5.41) is 0. The van der Waals surface area contributed by atoms with E-state index in [2.05, 4.69) is 11.9 Å². The summed E-state index contributed by atoms with van der Waals surface area (Å²) in [4.78, 5) is 4.62. The monoisotopic (exact) mass is 263 g/mol. The predicted molar refractivity (Wildman–Crippen MR) is 76.6 cm³/mol. The van der Waals surface area contributed by atoms with Gasteiger partial charge < -0.3 is 10.3 Å². The van der Waals surface area contributed by atoms with Crippen LogP contribution >= 0.6 is 0 Å². The van der Waals surface area contributed by atoms with E-state index in [1.165, 1.54) is 6.07 Å². The Morgan fingerprint density at radius 2 is 2.05 bits per heavy atom. The largest absolute Gasteiger partial charge is 0.331 e. The molecule has 0 aliphatic rings. The van der Waals surface area contributed by atoms with Crippen molar-refractivity contribution in [2.24, 2.45) is 12.8 Å². The Bertz CT molecular complexity index is 560. The third-order valence-electron chi connectivity index (χ3n) is 3.61. The molecule has 0 spiro atoms. The van der Waals surface area contributed by atoms with Gasteiger partial charge in [0.1, 0.15) is 11.6 Å². The molecule has 2 rings (SSSR count). The Hall–Kier alpha value is -1.42. The van der Waals surface area contributed by atoms with E-state index in [0.717, 1.165) is 36.1 Å². The average Bonchev–Trinajstić information content (AvgIpc) is 2.66. The summed E-state index contributed by atoms with van der Waals surface area (Å²) in [5.74, 6) is 1.16. The van der Waals surface area contributed by atoms with Crippen LogP contribution in [0, 0.1) is 5.82 Å². The summed E-state index contributed by atoms with van der Waals surface area (Å²) in [6.07, 6.45) is 3.18. The number of benzene rings is 1. The Morgan fingerprint density at radius 1 is 1.32 bits per heavy atom. The minimum Gasteiger partial charge on any atom is -0.331 e. The Labute approximate surface area is 113 Å². The summed E-state index contributed by atoms with van der Waals surface area (Å²) in [5.41, 5.74) is 7.48. The van der Waals surface area contributed by atoms with Crippen LogP contribution in [-0.4, -0.2) is 15.6 Å². The van der Waals surface area contributed by atoms with Gasteiger partial charge in [-0.25, -0.2) is 9.37 Å². The molecule has 1 aromatic heterocycles. The van der Waals surface area contributed by atoms with Gasteiger partial charge in [0.05, 0.1) is 11.0 Å². The maximum absolute atomic E-state index is 13.3. The Balaban J connectivity index is 2.18. The lowest BCUT2D eigenvalue weighted by Crippen LogP contribution is -2.14. The molecule has 0 saturated heterocycles. The molecule has 4 heteroatoms. The van der Waals surface area contributed by atoms with Crippen LogP contribution < -0.4 is 5.73 Å². The number of hydrogen-bond donors (Lipinski definition) is 1. The third-order valence-corrected chi connectivity index (χ3v) is 3.61. The van der Waals surface area contributed by atoms with Gasteiger partial charge in [-0.3, -0.25) is 0 Å². The van der Waals surface area contributed by atoms with Gasteiger partial charge in [0.25, 0.3) is 0 Å². The van der Waals surface area contributed by atoms with Crippen molar-refractivity contribution in [3.8, 4) is 0 Å². The highest BCUT2D eigenvalue weighted by Crippen LogP contribution is 2.25. The number of nitrogens with two attached hydrogens (primary N) is 1. The van der Waals surface area contributed by atoms with Crippen LogP contribution in [0.3, 0.4) is 0 Å². The Morgan fingerprint density at radius 3 is 2.74 bits per heavy atom. The van der Waals surface area contributed by atoms with Crippen LogP contribution in [0.1, 0.15) is 44.9 Å². The molecule has 0 bridgehead atoms. The number of fused-ring (bicyclic) bond motifs is 1. The van der Waals surface area contributed by atoms with Crippen LogP contribution in [-0.2, 0) is 7.05 Å². The van der Waals surface area contributed by atoms with Crippen molar-refractivity contribution in [1.29, 1.82) is 0 Å². The van der Waals surface area contributed by atoms with Crippen LogP contribution in [0.5, 0.6) is 0 Å². The first-order valence-corrected chi connectivity index (χ1v) is 6.86. The predicted octanol–water partition coefficient (Wildman–Crippen LogP) is 3.33. The molecule has 2 atom stereocenters. The second-order valence-electron chi connectivity index (χ2n) is 5.47. The summed E-state index contributed by atoms with van der Waals surface area (Å²) in [6, 6.07) is 4.99. The molecule has 0 amide bonds. The fraction of sp³-hybridized carbons (Fsp3) is 0.533. The number of halogens is 1. The van der Waals surface area contributed by atoms with E-state index in [1.54, 1.807) is 12.1 Å². The molecular weight excluding hydrogens is 241 g/mol. The van der Waals surface area contributed by atoms with Gasteiger partial charge in [-0.2, -0.15) is 0 Å². The molecule has 0 fully saturated rings. The number of rotatable bonds is 5. The zero-order valence-electron chi connectivity index (χ0n) is 11.9. The normalized spacial score (nSPS) is 14.8. The first-order chi connectivity index (χ1) is 8.99. The molecule has 19 heavy (non-hydrogen) atoms. The smallest absolute Gasteiger partial charge is 0.125 e. The van der Waals surface area contributed by atoms with Gasteiger partial charge >= 0.3 is 0 Å². The second-order valence-corrected chi connectivity index (χ2v) is 5.47. The van der Waals surface area contributed by atoms with E-state index in [0.29, 0.717) is 5.92 Å². The molecule has 2 aromatic rings. The van der Waals surface area contributed by atoms with Crippen molar-refractivity contribution in [2.75, 3.05) is 0 Å². The molecule has 2 unspecified atom stereocenters. The molecule has 0 aliphatic carbocycles. The fourth-order valence-electron chi connectivity index (χ4n) is 2.50. The number of hydrogen-bond acceptors (Lipinski definition) is 2. The van der Waals surface area contributed by atoms with Gasteiger partial charge in [0.2, 0.25) is 0 Å². The highest BCUT2D eigenvalue weighted by atomic mass is 19.1. The minimum atomic E-state index is -0.216. The third kappa shape index (κ3) is 3.13. The van der Waals surface area contributed by atoms with Gasteiger partial charge in [0.15, 0.2) is 0 Å². The average molecular weight is 263 g/mol. The van der Waals surface area contributed by atoms with Crippen LogP contribution in [0.15, 0.2) is 18.2 Å². The molecule has 0 radical (unpaired) electrons. The van der Waals surface area contributed by atoms with Crippen molar-refractivity contribution in [3.05, 3.63) is 29.8 Å². The molecule has 1 heterocycles. The molecule has 2 N–H and O–H groups in total. The van der Waals surface area contributed by atoms with Gasteiger partial charge in [-0.05, 0) is 38.0 Å². The summed E-state index contributed by atoms with van der Waals surface area (Å²) >= 11 is 0. The van der Waals surface area contributed by atoms with Crippen molar-refractivity contribution in [1.82, 2.24) is 9.55 Å². The first-order valence-electron chi connectivity index (χ1n) is 6.86. The lowest BCUT2D eigenvalue weighted by Gasteiger charge is -2.12. The van der Waals surface area contributed by atoms with E-state index in [1.807, 2.05) is 18.5 Å². The SMILES string of the molecule is CC(N)CCCC(C)c1nc2ccc(F)cc2n1C. The van der Waals surface area contributed by atoms with Crippen molar-refractivity contribution < 1.29 is 4.39 Å². The van der Waals surface area contributed by atoms with E-state index < -0.39 is 0 Å². The summed E-state index contributed by atoms with van der Waals surface area (Å²) in [7, 11) is 1.95. The van der Waals surface area contributed by atoms with Crippen molar-refractivity contribution in [2.45, 2.75) is 45.1 Å². The van der Waals surface area contributed by atoms with Crippen LogP contribution in [0.2, 0.25) is 0 Å². The minimum absolute atomic E-state index is 0.216. The molecule has 1 aromatic carbocycles. The van der Waals surface area contributed by atoms with E-state index in [-0.39, 0.29) is 11.9 Å². The van der Waals surface area contributed by atoms with Gasteiger partial charge in [-0.1, -0.05) is 13.3 Å². The summed E-state index contributed by atoms with van der Waals surface area (Å²) < 4.78 is 15.3. The zero-order chi connectivity index (χ0) is 14.0. The molecule has 104 valence electrons. The maximum Gasteiger partial charge on any atom is 0.125 e. The number of nitrogens with zero attached hydrogens (tertiary/aromatic N) is 2. The topological polar surface area (TPSA) is 43.8 Å². The molecular formula is C15H22FN3. The van der Waals surface area contributed by atoms with Crippen LogP contribution in [0.25, 0.3) is 11.0 Å². The number of aromatic nitrogens is 2. The quantitative estimate of drug-likeness (QED) is 0.899. The lowest BCUT2D eigenvalue weighted by molar-refractivity contribution is 0.535. The van der Waals surface area contributed by atoms with Crippen molar-refractivity contribution in [3.63, 3.8) is 0 Å². The number of imidazole rings is 1. The standard InChI is InChI=1S/C15H22FN3/c1-10(5-4-6-11(2)17)15-18-13-8-7-12(16)9-14(13)19(15)3/h7-11H,4-6,17H2,1-3H3. The fourth-order valence-corrected chi connectivity index (χ4v) is 2.50. The van der Waals surface area contributed by atoms with Crippen molar-refractivity contribution >= 4 is 11.0 Å². The first kappa shape index (κ1) is 14.0. The van der Waals surface area contributed by atoms with Crippen LogP contribution in [0.4, 0.5) is 4.39 Å². The highest BCUT2D eigenvalue weighted by Gasteiger charge is 2.14. The second kappa shape index (κ2) is 5.70. The number of aryl methyl sites for hydroxylation is 1. The van der Waals surface area contributed by atoms with E-state index >= 15 is 0 Å². The van der Waals surface area contributed by atoms with Gasteiger partial charge in [0, 0.05) is 19.0 Å². The van der Waals surface area contributed by atoms with Gasteiger partial charge in [-0.15, -0.1) is 0 Å². The zero-order valence-corrected chi connectivity index (χ0v) is 11.9. The van der Waals surface area contributed by atoms with E-state index in [4.69, 9.17) is 5.73 Å². The molecule has 0 aliphatic heterocycles. The maximum atomic E-state index is 13.3.